The maximum absolute atomic E-state index is 13.3. The van der Waals surface area contributed by atoms with Crippen LogP contribution in [0.15, 0.2) is 47.7 Å². The highest BCUT2D eigenvalue weighted by Gasteiger charge is 2.48. The van der Waals surface area contributed by atoms with Gasteiger partial charge in [0.2, 0.25) is 0 Å². The minimum absolute atomic E-state index is 0.0419. The second-order valence-corrected chi connectivity index (χ2v) is 10.9. The highest BCUT2D eigenvalue weighted by atomic mass is 16.5. The summed E-state index contributed by atoms with van der Waals surface area (Å²) >= 11 is 0. The van der Waals surface area contributed by atoms with E-state index in [0.29, 0.717) is 17.7 Å². The smallest absolute Gasteiger partial charge is 0.173 e. The first-order chi connectivity index (χ1) is 15.0. The van der Waals surface area contributed by atoms with Crippen LogP contribution in [0.2, 0.25) is 0 Å². The number of ether oxygens (including phenoxy) is 1. The third kappa shape index (κ3) is 3.60. The van der Waals surface area contributed by atoms with E-state index in [2.05, 4.69) is 39.8 Å². The summed E-state index contributed by atoms with van der Waals surface area (Å²) < 4.78 is 6.54. The lowest BCUT2D eigenvalue weighted by atomic mass is 9.61. The van der Waals surface area contributed by atoms with Gasteiger partial charge in [0.1, 0.15) is 28.6 Å². The first-order valence-electron chi connectivity index (χ1n) is 11.6. The third-order valence-corrected chi connectivity index (χ3v) is 7.05. The van der Waals surface area contributed by atoms with E-state index in [9.17, 15) is 15.0 Å². The predicted molar refractivity (Wildman–Crippen MR) is 126 cm³/mol. The van der Waals surface area contributed by atoms with Gasteiger partial charge in [-0.2, -0.15) is 0 Å². The van der Waals surface area contributed by atoms with Crippen LogP contribution in [0.4, 0.5) is 0 Å². The zero-order valence-corrected chi connectivity index (χ0v) is 20.0. The molecule has 0 radical (unpaired) electrons. The number of fused-ring (bicyclic) bond motifs is 1. The lowest BCUT2D eigenvalue weighted by molar-refractivity contribution is 0.0914. The summed E-state index contributed by atoms with van der Waals surface area (Å²) in [7, 11) is 0. The molecular formula is C28H34O4. The molecule has 0 amide bonds. The molecule has 1 heterocycles. The lowest BCUT2D eigenvalue weighted by Gasteiger charge is -2.47. The standard InChI is InChI=1S/C28H34O4/c1-7-16(2)24(31)23-20(30)13-19(29)22-21(17-11-9-8-10-12-17)18-14-27(3,4)15-28(5,6)26(18)32-25(22)23/h8-13,16,21,29-30H,7,14-15H2,1-6H3. The monoisotopic (exact) mass is 434 g/mol. The lowest BCUT2D eigenvalue weighted by Crippen LogP contribution is -2.37. The van der Waals surface area contributed by atoms with Crippen LogP contribution >= 0.6 is 0 Å². The van der Waals surface area contributed by atoms with Crippen molar-refractivity contribution in [1.29, 1.82) is 0 Å². The number of aromatic hydroxyl groups is 2. The quantitative estimate of drug-likeness (QED) is 0.511. The number of allylic oxidation sites excluding steroid dienone is 2. The van der Waals surface area contributed by atoms with E-state index < -0.39 is 0 Å². The van der Waals surface area contributed by atoms with Crippen molar-refractivity contribution in [2.24, 2.45) is 16.7 Å². The zero-order valence-electron chi connectivity index (χ0n) is 20.0. The van der Waals surface area contributed by atoms with Gasteiger partial charge in [-0.25, -0.2) is 0 Å². The Kier molecular flexibility index (Phi) is 5.39. The molecule has 0 bridgehead atoms. The molecule has 2 N–H and O–H groups in total. The Morgan fingerprint density at radius 3 is 2.41 bits per heavy atom. The van der Waals surface area contributed by atoms with Crippen molar-refractivity contribution in [3.63, 3.8) is 0 Å². The second kappa shape index (κ2) is 7.68. The van der Waals surface area contributed by atoms with Gasteiger partial charge >= 0.3 is 0 Å². The van der Waals surface area contributed by atoms with Gasteiger partial charge < -0.3 is 14.9 Å². The molecule has 2 unspecified atom stereocenters. The van der Waals surface area contributed by atoms with Crippen molar-refractivity contribution in [1.82, 2.24) is 0 Å². The van der Waals surface area contributed by atoms with Crippen molar-refractivity contribution in [2.45, 2.75) is 66.7 Å². The van der Waals surface area contributed by atoms with Crippen LogP contribution in [-0.2, 0) is 0 Å². The molecule has 32 heavy (non-hydrogen) atoms. The third-order valence-electron chi connectivity index (χ3n) is 7.05. The van der Waals surface area contributed by atoms with Gasteiger partial charge in [-0.05, 0) is 35.8 Å². The summed E-state index contributed by atoms with van der Waals surface area (Å²) in [5.74, 6) is 0.247. The minimum atomic E-state index is -0.262. The molecule has 4 rings (SSSR count). The number of phenolic OH excluding ortho intramolecular Hbond substituents is 2. The predicted octanol–water partition coefficient (Wildman–Crippen LogP) is 6.95. The Balaban J connectivity index is 2.05. The molecule has 2 aromatic carbocycles. The Labute approximate surface area is 190 Å². The fraction of sp³-hybridized carbons (Fsp3) is 0.464. The van der Waals surface area contributed by atoms with Gasteiger partial charge in [0, 0.05) is 28.9 Å². The SMILES string of the molecule is CCC(C)C(=O)c1c(O)cc(O)c2c1OC1=C(CC(C)(C)CC1(C)C)C2c1ccccc1. The fourth-order valence-corrected chi connectivity index (χ4v) is 5.80. The molecule has 4 nitrogen and oxygen atoms in total. The number of hydrogen-bond acceptors (Lipinski definition) is 4. The average Bonchev–Trinajstić information content (AvgIpc) is 2.71. The van der Waals surface area contributed by atoms with Crippen LogP contribution in [0.5, 0.6) is 17.2 Å². The highest BCUT2D eigenvalue weighted by molar-refractivity contribution is 6.03. The molecule has 2 atom stereocenters. The number of hydrogen-bond donors (Lipinski definition) is 2. The molecule has 0 saturated carbocycles. The van der Waals surface area contributed by atoms with Gasteiger partial charge in [0.15, 0.2) is 5.78 Å². The van der Waals surface area contributed by atoms with Gasteiger partial charge in [-0.3, -0.25) is 4.79 Å². The van der Waals surface area contributed by atoms with Crippen LogP contribution < -0.4 is 4.74 Å². The fourth-order valence-electron chi connectivity index (χ4n) is 5.80. The zero-order chi connectivity index (χ0) is 23.4. The van der Waals surface area contributed by atoms with E-state index in [4.69, 9.17) is 4.74 Å². The number of rotatable bonds is 4. The van der Waals surface area contributed by atoms with E-state index in [1.54, 1.807) is 0 Å². The van der Waals surface area contributed by atoms with Gasteiger partial charge in [-0.15, -0.1) is 0 Å². The van der Waals surface area contributed by atoms with Crippen LogP contribution in [0.25, 0.3) is 0 Å². The van der Waals surface area contributed by atoms with E-state index >= 15 is 0 Å². The Hall–Kier alpha value is -2.75. The van der Waals surface area contributed by atoms with E-state index in [1.807, 2.05) is 32.0 Å². The summed E-state index contributed by atoms with van der Waals surface area (Å²) in [4.78, 5) is 13.3. The molecule has 4 heteroatoms. The van der Waals surface area contributed by atoms with Gasteiger partial charge in [0.25, 0.3) is 0 Å². The number of carbonyl (C=O) groups is 1. The number of carbonyl (C=O) groups excluding carboxylic acids is 1. The molecule has 0 spiro atoms. The number of Topliss-reactive ketones (excluding diaryl/α,β-unsaturated/α-hetero) is 1. The summed E-state index contributed by atoms with van der Waals surface area (Å²) in [6.45, 7) is 12.7. The van der Waals surface area contributed by atoms with Crippen LogP contribution in [0.3, 0.4) is 0 Å². The summed E-state index contributed by atoms with van der Waals surface area (Å²) in [6, 6.07) is 11.4. The number of ketones is 1. The summed E-state index contributed by atoms with van der Waals surface area (Å²) in [6.07, 6.45) is 2.43. The summed E-state index contributed by atoms with van der Waals surface area (Å²) in [5.41, 5.74) is 2.76. The van der Waals surface area contributed by atoms with E-state index in [1.165, 1.54) is 6.07 Å². The van der Waals surface area contributed by atoms with Gasteiger partial charge in [0.05, 0.1) is 0 Å². The molecule has 2 aliphatic rings. The first kappa shape index (κ1) is 22.4. The summed E-state index contributed by atoms with van der Waals surface area (Å²) in [5, 5.41) is 21.8. The Morgan fingerprint density at radius 1 is 1.12 bits per heavy atom. The second-order valence-electron chi connectivity index (χ2n) is 10.9. The maximum Gasteiger partial charge on any atom is 0.173 e. The Bertz CT molecular complexity index is 1090. The van der Waals surface area contributed by atoms with Crippen molar-refractivity contribution in [3.8, 4) is 17.2 Å². The van der Waals surface area contributed by atoms with Crippen LogP contribution in [0, 0.1) is 16.7 Å². The van der Waals surface area contributed by atoms with E-state index in [-0.39, 0.29) is 45.5 Å². The largest absolute Gasteiger partial charge is 0.507 e. The van der Waals surface area contributed by atoms with Crippen molar-refractivity contribution in [3.05, 3.63) is 64.4 Å². The maximum atomic E-state index is 13.3. The highest BCUT2D eigenvalue weighted by Crippen LogP contribution is 2.60. The number of benzene rings is 2. The molecule has 1 aliphatic carbocycles. The van der Waals surface area contributed by atoms with Crippen LogP contribution in [-0.4, -0.2) is 16.0 Å². The molecule has 0 saturated heterocycles. The average molecular weight is 435 g/mol. The Morgan fingerprint density at radius 2 is 1.78 bits per heavy atom. The first-order valence-corrected chi connectivity index (χ1v) is 11.6. The molecule has 2 aromatic rings. The molecule has 1 aliphatic heterocycles. The molecule has 170 valence electrons. The van der Waals surface area contributed by atoms with Crippen LogP contribution in [0.1, 0.15) is 88.2 Å². The van der Waals surface area contributed by atoms with Gasteiger partial charge in [-0.1, -0.05) is 71.9 Å². The topological polar surface area (TPSA) is 66.8 Å². The molecule has 0 aromatic heterocycles. The number of phenols is 2. The normalized spacial score (nSPS) is 21.9. The molecular weight excluding hydrogens is 400 g/mol. The molecule has 0 fully saturated rings. The van der Waals surface area contributed by atoms with Crippen molar-refractivity contribution in [2.75, 3.05) is 0 Å². The van der Waals surface area contributed by atoms with E-state index in [0.717, 1.165) is 29.7 Å². The van der Waals surface area contributed by atoms with Crippen molar-refractivity contribution < 1.29 is 19.7 Å². The van der Waals surface area contributed by atoms with Crippen molar-refractivity contribution >= 4 is 5.78 Å². The minimum Gasteiger partial charge on any atom is -0.507 e.